The lowest BCUT2D eigenvalue weighted by atomic mass is 9.74. The van der Waals surface area contributed by atoms with E-state index in [1.165, 1.54) is 0 Å². The van der Waals surface area contributed by atoms with Crippen molar-refractivity contribution in [1.29, 1.82) is 0 Å². The maximum atomic E-state index is 6.27. The zero-order valence-corrected chi connectivity index (χ0v) is 13.5. The summed E-state index contributed by atoms with van der Waals surface area (Å²) in [5.74, 6) is 0. The largest absolute Gasteiger partial charge is 0.355 e. The average molecular weight is 244 g/mol. The molecule has 104 valence electrons. The summed E-state index contributed by atoms with van der Waals surface area (Å²) in [6.45, 7) is 19.8. The third-order valence-electron chi connectivity index (χ3n) is 2.75. The summed E-state index contributed by atoms with van der Waals surface area (Å²) < 4.78 is 11.8. The van der Waals surface area contributed by atoms with E-state index in [0.717, 1.165) is 0 Å². The van der Waals surface area contributed by atoms with Crippen molar-refractivity contribution < 1.29 is 9.47 Å². The first-order chi connectivity index (χ1) is 7.30. The molecule has 2 nitrogen and oxygen atoms in total. The lowest BCUT2D eigenvalue weighted by Crippen LogP contribution is -2.46. The highest BCUT2D eigenvalue weighted by Crippen LogP contribution is 2.39. The molecule has 0 spiro atoms. The van der Waals surface area contributed by atoms with Gasteiger partial charge < -0.3 is 9.47 Å². The molecule has 0 saturated carbocycles. The standard InChI is InChI=1S/C15H32O2/c1-13(2,3)11(14(4,5)6)17-12(16-10)15(7,8)9/h11-12H,1-10H3. The Morgan fingerprint density at radius 1 is 0.647 bits per heavy atom. The van der Waals surface area contributed by atoms with E-state index in [9.17, 15) is 0 Å². The second kappa shape index (κ2) is 5.27. The summed E-state index contributed by atoms with van der Waals surface area (Å²) in [5, 5.41) is 0. The van der Waals surface area contributed by atoms with Gasteiger partial charge in [0.2, 0.25) is 0 Å². The zero-order valence-electron chi connectivity index (χ0n) is 13.5. The van der Waals surface area contributed by atoms with Crippen LogP contribution in [0.4, 0.5) is 0 Å². The molecular formula is C15H32O2. The highest BCUT2D eigenvalue weighted by molar-refractivity contribution is 4.86. The summed E-state index contributed by atoms with van der Waals surface area (Å²) in [5.41, 5.74) is 0.185. The number of methoxy groups -OCH3 is 1. The van der Waals surface area contributed by atoms with Gasteiger partial charge in [-0.15, -0.1) is 0 Å². The van der Waals surface area contributed by atoms with Gasteiger partial charge in [-0.2, -0.15) is 0 Å². The van der Waals surface area contributed by atoms with Crippen molar-refractivity contribution in [1.82, 2.24) is 0 Å². The molecule has 0 fully saturated rings. The Balaban J connectivity index is 5.01. The van der Waals surface area contributed by atoms with Crippen LogP contribution in [0.5, 0.6) is 0 Å². The molecule has 1 atom stereocenters. The van der Waals surface area contributed by atoms with Crippen LogP contribution < -0.4 is 0 Å². The van der Waals surface area contributed by atoms with Crippen molar-refractivity contribution >= 4 is 0 Å². The van der Waals surface area contributed by atoms with Crippen LogP contribution in [0.15, 0.2) is 0 Å². The summed E-state index contributed by atoms with van der Waals surface area (Å²) >= 11 is 0. The Morgan fingerprint density at radius 2 is 1.00 bits per heavy atom. The minimum absolute atomic E-state index is 0.0104. The topological polar surface area (TPSA) is 18.5 Å². The van der Waals surface area contributed by atoms with E-state index in [2.05, 4.69) is 62.3 Å². The van der Waals surface area contributed by atoms with Gasteiger partial charge in [0, 0.05) is 12.5 Å². The van der Waals surface area contributed by atoms with E-state index in [1.54, 1.807) is 7.11 Å². The van der Waals surface area contributed by atoms with Gasteiger partial charge in [-0.25, -0.2) is 0 Å². The fourth-order valence-electron chi connectivity index (χ4n) is 2.44. The predicted octanol–water partition coefficient (Wildman–Crippen LogP) is 4.48. The Bertz CT molecular complexity index is 211. The van der Waals surface area contributed by atoms with E-state index in [0.29, 0.717) is 0 Å². The molecule has 0 N–H and O–H groups in total. The first-order valence-electron chi connectivity index (χ1n) is 6.48. The minimum atomic E-state index is -0.175. The van der Waals surface area contributed by atoms with Gasteiger partial charge in [0.1, 0.15) is 0 Å². The molecule has 0 heterocycles. The van der Waals surface area contributed by atoms with Crippen molar-refractivity contribution in [2.24, 2.45) is 16.2 Å². The van der Waals surface area contributed by atoms with Gasteiger partial charge in [-0.05, 0) is 10.8 Å². The van der Waals surface area contributed by atoms with Gasteiger partial charge >= 0.3 is 0 Å². The van der Waals surface area contributed by atoms with Crippen molar-refractivity contribution in [2.75, 3.05) is 7.11 Å². The summed E-state index contributed by atoms with van der Waals surface area (Å²) in [6.07, 6.45) is -0.0230. The van der Waals surface area contributed by atoms with E-state index < -0.39 is 0 Å². The van der Waals surface area contributed by atoms with Gasteiger partial charge in [0.25, 0.3) is 0 Å². The average Bonchev–Trinajstić information content (AvgIpc) is 1.97. The molecule has 0 saturated heterocycles. The molecule has 0 rings (SSSR count). The third kappa shape index (κ3) is 5.39. The summed E-state index contributed by atoms with van der Waals surface area (Å²) in [6, 6.07) is 0. The Kier molecular flexibility index (Phi) is 5.25. The monoisotopic (exact) mass is 244 g/mol. The Labute approximate surface area is 108 Å². The van der Waals surface area contributed by atoms with Crippen LogP contribution in [-0.4, -0.2) is 19.5 Å². The number of ether oxygens (including phenoxy) is 2. The Morgan fingerprint density at radius 3 is 1.18 bits per heavy atom. The van der Waals surface area contributed by atoms with Crippen LogP contribution in [-0.2, 0) is 9.47 Å². The van der Waals surface area contributed by atoms with Crippen molar-refractivity contribution in [3.05, 3.63) is 0 Å². The molecule has 0 aliphatic rings. The van der Waals surface area contributed by atoms with Crippen LogP contribution in [0.25, 0.3) is 0 Å². The van der Waals surface area contributed by atoms with Crippen LogP contribution in [0.2, 0.25) is 0 Å². The lowest BCUT2D eigenvalue weighted by Gasteiger charge is -2.44. The molecule has 0 aliphatic carbocycles. The Hall–Kier alpha value is -0.0800. The molecule has 17 heavy (non-hydrogen) atoms. The van der Waals surface area contributed by atoms with Crippen molar-refractivity contribution in [3.8, 4) is 0 Å². The zero-order chi connectivity index (χ0) is 14.1. The molecule has 0 bridgehead atoms. The lowest BCUT2D eigenvalue weighted by molar-refractivity contribution is -0.243. The van der Waals surface area contributed by atoms with Crippen LogP contribution >= 0.6 is 0 Å². The quantitative estimate of drug-likeness (QED) is 0.681. The highest BCUT2D eigenvalue weighted by Gasteiger charge is 2.40. The molecule has 0 aliphatic heterocycles. The maximum Gasteiger partial charge on any atom is 0.162 e. The highest BCUT2D eigenvalue weighted by atomic mass is 16.7. The third-order valence-corrected chi connectivity index (χ3v) is 2.75. The molecule has 0 aromatic rings. The molecular weight excluding hydrogens is 212 g/mol. The van der Waals surface area contributed by atoms with Crippen LogP contribution in [0.3, 0.4) is 0 Å². The van der Waals surface area contributed by atoms with Gasteiger partial charge in [0.15, 0.2) is 6.29 Å². The van der Waals surface area contributed by atoms with E-state index in [1.807, 2.05) is 0 Å². The number of hydrogen-bond donors (Lipinski definition) is 0. The van der Waals surface area contributed by atoms with Gasteiger partial charge in [-0.3, -0.25) is 0 Å². The number of hydrogen-bond acceptors (Lipinski definition) is 2. The van der Waals surface area contributed by atoms with Crippen molar-refractivity contribution in [2.45, 2.75) is 74.7 Å². The first-order valence-corrected chi connectivity index (χ1v) is 6.48. The van der Waals surface area contributed by atoms with E-state index in [4.69, 9.17) is 9.47 Å². The molecule has 0 aromatic heterocycles. The predicted molar refractivity (Wildman–Crippen MR) is 74.0 cm³/mol. The summed E-state index contributed by atoms with van der Waals surface area (Å²) in [4.78, 5) is 0. The first kappa shape index (κ1) is 16.9. The second-order valence-corrected chi connectivity index (χ2v) is 8.18. The molecule has 2 heteroatoms. The fourth-order valence-corrected chi connectivity index (χ4v) is 2.44. The summed E-state index contributed by atoms with van der Waals surface area (Å²) in [7, 11) is 1.72. The number of rotatable bonds is 3. The van der Waals surface area contributed by atoms with Crippen molar-refractivity contribution in [3.63, 3.8) is 0 Å². The van der Waals surface area contributed by atoms with E-state index in [-0.39, 0.29) is 28.6 Å². The molecule has 0 amide bonds. The smallest absolute Gasteiger partial charge is 0.162 e. The van der Waals surface area contributed by atoms with Crippen LogP contribution in [0.1, 0.15) is 62.3 Å². The van der Waals surface area contributed by atoms with Gasteiger partial charge in [0.05, 0.1) is 6.10 Å². The SMILES string of the molecule is COC(OC(C(C)(C)C)C(C)(C)C)C(C)(C)C. The van der Waals surface area contributed by atoms with E-state index >= 15 is 0 Å². The maximum absolute atomic E-state index is 6.27. The molecule has 0 radical (unpaired) electrons. The molecule has 0 aromatic carbocycles. The van der Waals surface area contributed by atoms with Gasteiger partial charge in [-0.1, -0.05) is 62.3 Å². The molecule has 1 unspecified atom stereocenters. The minimum Gasteiger partial charge on any atom is -0.355 e. The fraction of sp³-hybridized carbons (Fsp3) is 1.00. The van der Waals surface area contributed by atoms with Crippen LogP contribution in [0, 0.1) is 16.2 Å². The second-order valence-electron chi connectivity index (χ2n) is 8.18. The normalized spacial score (nSPS) is 16.4.